The van der Waals surface area contributed by atoms with Crippen molar-refractivity contribution in [2.24, 2.45) is 0 Å². The highest BCUT2D eigenvalue weighted by molar-refractivity contribution is 8.14. The van der Waals surface area contributed by atoms with E-state index in [-0.39, 0.29) is 0 Å². The van der Waals surface area contributed by atoms with Crippen LogP contribution in [0.25, 0.3) is 0 Å². The molecular formula is C40H36Cl2P2+2. The van der Waals surface area contributed by atoms with Crippen LogP contribution in [0.2, 0.25) is 0 Å². The Bertz CT molecular complexity index is 1430. The van der Waals surface area contributed by atoms with Crippen molar-refractivity contribution in [3.05, 3.63) is 182 Å². The summed E-state index contributed by atoms with van der Waals surface area (Å²) < 4.78 is -0.982. The minimum atomic E-state index is -2.78. The summed E-state index contributed by atoms with van der Waals surface area (Å²) in [5, 5.41) is 6.93. The number of hydrogen-bond donors (Lipinski definition) is 0. The summed E-state index contributed by atoms with van der Waals surface area (Å²) in [5.41, 5.74) is 0. The predicted octanol–water partition coefficient (Wildman–Crippen LogP) is 8.88. The summed E-state index contributed by atoms with van der Waals surface area (Å²) in [4.78, 5) is 0. The van der Waals surface area contributed by atoms with Gasteiger partial charge in [-0.1, -0.05) is 116 Å². The van der Waals surface area contributed by atoms with Crippen molar-refractivity contribution in [3.63, 3.8) is 0 Å². The van der Waals surface area contributed by atoms with Gasteiger partial charge in [-0.25, -0.2) is 0 Å². The maximum atomic E-state index is 9.01. The normalized spacial score (nSPS) is 12.9. The highest BCUT2D eigenvalue weighted by atomic mass is 35.5. The summed E-state index contributed by atoms with van der Waals surface area (Å²) in [6, 6.07) is 65.7. The topological polar surface area (TPSA) is 0 Å². The van der Waals surface area contributed by atoms with Crippen LogP contribution in [-0.2, 0) is 0 Å². The molecule has 0 saturated carbocycles. The van der Waals surface area contributed by atoms with Gasteiger partial charge in [0.25, 0.3) is 4.36 Å². The first-order chi connectivity index (χ1) is 21.6. The number of rotatable bonds is 10. The summed E-state index contributed by atoms with van der Waals surface area (Å²) in [6.45, 7) is 2.18. The zero-order valence-electron chi connectivity index (χ0n) is 24.8. The zero-order valence-corrected chi connectivity index (χ0v) is 28.1. The number of benzene rings is 6. The Balaban J connectivity index is 1.94. The molecule has 1 atom stereocenters. The smallest absolute Gasteiger partial charge is 0.112 e. The molecule has 0 radical (unpaired) electrons. The molecule has 4 heteroatoms. The van der Waals surface area contributed by atoms with Gasteiger partial charge >= 0.3 is 0 Å². The van der Waals surface area contributed by atoms with Gasteiger partial charge in [-0.05, 0) is 90.8 Å². The third kappa shape index (κ3) is 4.85. The Morgan fingerprint density at radius 1 is 0.409 bits per heavy atom. The van der Waals surface area contributed by atoms with E-state index in [0.717, 1.165) is 0 Å². The van der Waals surface area contributed by atoms with Gasteiger partial charge < -0.3 is 0 Å². The third-order valence-corrected chi connectivity index (χ3v) is 22.1. The Morgan fingerprint density at radius 2 is 0.591 bits per heavy atom. The third-order valence-electron chi connectivity index (χ3n) is 8.56. The van der Waals surface area contributed by atoms with E-state index in [9.17, 15) is 0 Å². The van der Waals surface area contributed by atoms with Crippen LogP contribution in [0.15, 0.2) is 182 Å². The Hall–Kier alpha value is -3.24. The summed E-state index contributed by atoms with van der Waals surface area (Å²) in [7, 11) is -5.57. The monoisotopic (exact) mass is 648 g/mol. The average molecular weight is 650 g/mol. The standard InChI is InChI=1S/C40H36Cl2P2/c1-2-39(41)40(42,43(33-21-9-3-10-22-33,34-23-11-4-12-24-34)35-25-13-5-14-26-35)44(36-27-15-6-16-28-36,37-29-17-7-18-30-37)38-31-19-8-20-32-38/h3-32,39H,2H2,1H3/q+2. The van der Waals surface area contributed by atoms with Crippen LogP contribution in [-0.4, -0.2) is 9.73 Å². The first-order valence-electron chi connectivity index (χ1n) is 15.1. The lowest BCUT2D eigenvalue weighted by Crippen LogP contribution is -2.56. The fourth-order valence-electron chi connectivity index (χ4n) is 6.80. The van der Waals surface area contributed by atoms with Crippen molar-refractivity contribution < 1.29 is 0 Å². The molecule has 0 amide bonds. The van der Waals surface area contributed by atoms with Gasteiger partial charge in [0.2, 0.25) is 0 Å². The molecule has 0 aliphatic heterocycles. The molecule has 0 saturated heterocycles. The Morgan fingerprint density at radius 3 is 0.750 bits per heavy atom. The largest absolute Gasteiger partial charge is 0.293 e. The highest BCUT2D eigenvalue weighted by Crippen LogP contribution is 2.87. The van der Waals surface area contributed by atoms with Crippen LogP contribution in [0.4, 0.5) is 0 Å². The highest BCUT2D eigenvalue weighted by Gasteiger charge is 2.81. The fourth-order valence-corrected chi connectivity index (χ4v) is 22.3. The van der Waals surface area contributed by atoms with Crippen molar-refractivity contribution >= 4 is 69.6 Å². The van der Waals surface area contributed by atoms with Crippen LogP contribution in [0, 0.1) is 0 Å². The van der Waals surface area contributed by atoms with Crippen molar-refractivity contribution in [2.45, 2.75) is 23.1 Å². The van der Waals surface area contributed by atoms with Gasteiger partial charge in [0.15, 0.2) is 14.5 Å². The molecule has 0 N–H and O–H groups in total. The lowest BCUT2D eigenvalue weighted by Gasteiger charge is -2.48. The van der Waals surface area contributed by atoms with Gasteiger partial charge in [0.1, 0.15) is 37.2 Å². The lowest BCUT2D eigenvalue weighted by molar-refractivity contribution is 0.831. The van der Waals surface area contributed by atoms with Crippen LogP contribution in [0.1, 0.15) is 13.3 Å². The molecule has 44 heavy (non-hydrogen) atoms. The van der Waals surface area contributed by atoms with E-state index in [4.69, 9.17) is 23.2 Å². The minimum absolute atomic E-state index is 0.396. The van der Waals surface area contributed by atoms with Crippen LogP contribution in [0.5, 0.6) is 0 Å². The van der Waals surface area contributed by atoms with Crippen molar-refractivity contribution in [2.75, 3.05) is 0 Å². The van der Waals surface area contributed by atoms with Gasteiger partial charge in [-0.3, -0.25) is 0 Å². The number of hydrogen-bond acceptors (Lipinski definition) is 0. The van der Waals surface area contributed by atoms with E-state index in [2.05, 4.69) is 189 Å². The Kier molecular flexibility index (Phi) is 9.37. The second-order valence-electron chi connectivity index (χ2n) is 10.9. The minimum Gasteiger partial charge on any atom is -0.112 e. The quantitative estimate of drug-likeness (QED) is 0.103. The van der Waals surface area contributed by atoms with Crippen molar-refractivity contribution in [1.82, 2.24) is 0 Å². The first-order valence-corrected chi connectivity index (χ1v) is 19.5. The molecule has 0 aliphatic rings. The molecule has 0 aliphatic carbocycles. The van der Waals surface area contributed by atoms with Gasteiger partial charge in [0.05, 0.1) is 0 Å². The molecule has 0 heterocycles. The second kappa shape index (κ2) is 13.4. The van der Waals surface area contributed by atoms with Crippen LogP contribution >= 0.6 is 37.7 Å². The predicted molar refractivity (Wildman–Crippen MR) is 199 cm³/mol. The summed E-state index contributed by atoms with van der Waals surface area (Å²) >= 11 is 17.0. The van der Waals surface area contributed by atoms with E-state index in [1.165, 1.54) is 31.8 Å². The zero-order chi connectivity index (χ0) is 30.5. The molecule has 0 spiro atoms. The molecule has 6 aromatic rings. The van der Waals surface area contributed by atoms with Gasteiger partial charge in [-0.15, -0.1) is 11.6 Å². The molecule has 0 aromatic heterocycles. The van der Waals surface area contributed by atoms with Crippen molar-refractivity contribution in [3.8, 4) is 0 Å². The number of halogens is 2. The van der Waals surface area contributed by atoms with Gasteiger partial charge in [0, 0.05) is 0 Å². The lowest BCUT2D eigenvalue weighted by atomic mass is 10.3. The maximum Gasteiger partial charge on any atom is 0.293 e. The van der Waals surface area contributed by atoms with E-state index in [1.54, 1.807) is 0 Å². The molecular weight excluding hydrogens is 613 g/mol. The maximum absolute atomic E-state index is 9.01. The van der Waals surface area contributed by atoms with E-state index >= 15 is 0 Å². The molecule has 0 nitrogen and oxygen atoms in total. The summed E-state index contributed by atoms with van der Waals surface area (Å²) in [6.07, 6.45) is 0.702. The number of alkyl halides is 2. The van der Waals surface area contributed by atoms with E-state index in [1.807, 2.05) is 0 Å². The van der Waals surface area contributed by atoms with Crippen LogP contribution in [0.3, 0.4) is 0 Å². The van der Waals surface area contributed by atoms with Crippen molar-refractivity contribution in [1.29, 1.82) is 0 Å². The average Bonchev–Trinajstić information content (AvgIpc) is 3.11. The molecule has 0 fully saturated rings. The molecule has 218 valence electrons. The first kappa shape index (κ1) is 30.8. The van der Waals surface area contributed by atoms with Crippen LogP contribution < -0.4 is 31.8 Å². The van der Waals surface area contributed by atoms with E-state index < -0.39 is 24.3 Å². The fraction of sp³-hybridized carbons (Fsp3) is 0.100. The molecule has 6 aromatic carbocycles. The molecule has 0 bridgehead atoms. The van der Waals surface area contributed by atoms with Gasteiger partial charge in [-0.2, -0.15) is 0 Å². The second-order valence-corrected chi connectivity index (χ2v) is 20.1. The summed E-state index contributed by atoms with van der Waals surface area (Å²) in [5.74, 6) is 0. The SMILES string of the molecule is CCC(Cl)C(Cl)([P+](c1ccccc1)(c1ccccc1)c1ccccc1)[P+](c1ccccc1)(c1ccccc1)c1ccccc1. The molecule has 6 rings (SSSR count). The molecule has 1 unspecified atom stereocenters. The van der Waals surface area contributed by atoms with E-state index in [0.29, 0.717) is 6.42 Å². The Labute approximate surface area is 273 Å².